The highest BCUT2D eigenvalue weighted by atomic mass is 32.1. The molecule has 1 N–H and O–H groups in total. The first-order valence-electron chi connectivity index (χ1n) is 6.86. The van der Waals surface area contributed by atoms with Gasteiger partial charge in [0.2, 0.25) is 0 Å². The number of thiophene rings is 1. The molecule has 0 aliphatic carbocycles. The van der Waals surface area contributed by atoms with Gasteiger partial charge in [-0.05, 0) is 42.5 Å². The number of carbonyl (C=O) groups excluding carboxylic acids is 1. The van der Waals surface area contributed by atoms with Gasteiger partial charge < -0.3 is 10.2 Å². The summed E-state index contributed by atoms with van der Waals surface area (Å²) >= 11 is 1.80. The van der Waals surface area contributed by atoms with Crippen LogP contribution in [0.3, 0.4) is 0 Å². The van der Waals surface area contributed by atoms with Crippen LogP contribution >= 0.6 is 11.3 Å². The Morgan fingerprint density at radius 1 is 1.35 bits per heavy atom. The van der Waals surface area contributed by atoms with Crippen molar-refractivity contribution in [3.8, 4) is 0 Å². The van der Waals surface area contributed by atoms with Crippen LogP contribution in [-0.2, 0) is 6.42 Å². The molecule has 0 radical (unpaired) electrons. The highest BCUT2D eigenvalue weighted by Crippen LogP contribution is 2.34. The molecule has 0 bridgehead atoms. The largest absolute Gasteiger partial charge is 0.387 e. The Bertz CT molecular complexity index is 635. The topological polar surface area (TPSA) is 32.3 Å². The Morgan fingerprint density at radius 3 is 2.95 bits per heavy atom. The van der Waals surface area contributed by atoms with E-state index in [0.717, 1.165) is 24.2 Å². The molecule has 3 rings (SSSR count). The Morgan fingerprint density at radius 2 is 2.15 bits per heavy atom. The maximum Gasteiger partial charge on any atom is 0.256 e. The highest BCUT2D eigenvalue weighted by molar-refractivity contribution is 7.10. The van der Waals surface area contributed by atoms with E-state index in [4.69, 9.17) is 0 Å². The lowest BCUT2D eigenvalue weighted by Crippen LogP contribution is -2.38. The summed E-state index contributed by atoms with van der Waals surface area (Å²) in [7, 11) is 1.85. The molecule has 1 unspecified atom stereocenters. The zero-order valence-corrected chi connectivity index (χ0v) is 12.5. The van der Waals surface area contributed by atoms with E-state index in [1.165, 1.54) is 10.4 Å². The Hall–Kier alpha value is -1.81. The van der Waals surface area contributed by atoms with E-state index >= 15 is 0 Å². The molecule has 1 aliphatic rings. The van der Waals surface area contributed by atoms with Gasteiger partial charge >= 0.3 is 0 Å². The lowest BCUT2D eigenvalue weighted by Gasteiger charge is -2.34. The van der Waals surface area contributed by atoms with Gasteiger partial charge in [-0.2, -0.15) is 0 Å². The lowest BCUT2D eigenvalue weighted by atomic mass is 10.00. The van der Waals surface area contributed by atoms with Gasteiger partial charge in [0, 0.05) is 24.2 Å². The van der Waals surface area contributed by atoms with E-state index in [0.29, 0.717) is 0 Å². The fourth-order valence-electron chi connectivity index (χ4n) is 2.83. The van der Waals surface area contributed by atoms with Crippen LogP contribution in [-0.4, -0.2) is 24.4 Å². The fraction of sp³-hybridized carbons (Fsp3) is 0.312. The molecule has 0 spiro atoms. The van der Waals surface area contributed by atoms with Gasteiger partial charge in [-0.3, -0.25) is 4.79 Å². The van der Waals surface area contributed by atoms with Gasteiger partial charge in [0.25, 0.3) is 5.91 Å². The molecule has 1 amide bonds. The van der Waals surface area contributed by atoms with Gasteiger partial charge in [-0.15, -0.1) is 11.3 Å². The molecule has 3 nitrogen and oxygen atoms in total. The van der Waals surface area contributed by atoms with Crippen molar-refractivity contribution in [3.63, 3.8) is 0 Å². The summed E-state index contributed by atoms with van der Waals surface area (Å²) in [6.07, 6.45) is 0.963. The third kappa shape index (κ3) is 2.10. The summed E-state index contributed by atoms with van der Waals surface area (Å²) in [5.74, 6) is 0.110. The standard InChI is InChI=1S/C16H18N2OS/c1-11-12-8-10-20-15(12)7-9-18(11)16(19)13-5-3-4-6-14(13)17-2/h3-6,8,10-11,17H,7,9H2,1-2H3. The van der Waals surface area contributed by atoms with Crippen molar-refractivity contribution < 1.29 is 4.79 Å². The molecular weight excluding hydrogens is 268 g/mol. The molecule has 2 aromatic rings. The van der Waals surface area contributed by atoms with Crippen LogP contribution in [0, 0.1) is 0 Å². The maximum atomic E-state index is 12.8. The normalized spacial score (nSPS) is 17.7. The van der Waals surface area contributed by atoms with E-state index in [-0.39, 0.29) is 11.9 Å². The van der Waals surface area contributed by atoms with Crippen LogP contribution < -0.4 is 5.32 Å². The summed E-state index contributed by atoms with van der Waals surface area (Å²) in [5.41, 5.74) is 2.94. The van der Waals surface area contributed by atoms with E-state index in [1.54, 1.807) is 11.3 Å². The first-order valence-corrected chi connectivity index (χ1v) is 7.74. The minimum Gasteiger partial charge on any atom is -0.387 e. The number of hydrogen-bond acceptors (Lipinski definition) is 3. The predicted octanol–water partition coefficient (Wildman–Crippen LogP) is 3.55. The number of anilines is 1. The number of benzene rings is 1. The number of fused-ring (bicyclic) bond motifs is 1. The lowest BCUT2D eigenvalue weighted by molar-refractivity contribution is 0.0680. The minimum atomic E-state index is 0.110. The summed E-state index contributed by atoms with van der Waals surface area (Å²) in [5, 5.41) is 5.22. The molecule has 2 heterocycles. The SMILES string of the molecule is CNc1ccccc1C(=O)N1CCc2sccc2C1C. The van der Waals surface area contributed by atoms with Gasteiger partial charge in [-0.1, -0.05) is 12.1 Å². The summed E-state index contributed by atoms with van der Waals surface area (Å²) in [6.45, 7) is 2.91. The number of rotatable bonds is 2. The molecule has 0 saturated heterocycles. The molecule has 0 fully saturated rings. The highest BCUT2D eigenvalue weighted by Gasteiger charge is 2.29. The molecule has 0 saturated carbocycles. The van der Waals surface area contributed by atoms with Crippen molar-refractivity contribution in [1.82, 2.24) is 4.90 Å². The van der Waals surface area contributed by atoms with Gasteiger partial charge in [0.05, 0.1) is 11.6 Å². The Labute approximate surface area is 123 Å². The second-order valence-electron chi connectivity index (χ2n) is 5.02. The smallest absolute Gasteiger partial charge is 0.256 e. The number of nitrogens with zero attached hydrogens (tertiary/aromatic N) is 1. The monoisotopic (exact) mass is 286 g/mol. The number of amides is 1. The first kappa shape index (κ1) is 13.2. The number of hydrogen-bond donors (Lipinski definition) is 1. The average Bonchev–Trinajstić information content (AvgIpc) is 2.96. The number of carbonyl (C=O) groups is 1. The van der Waals surface area contributed by atoms with Gasteiger partial charge in [0.15, 0.2) is 0 Å². The van der Waals surface area contributed by atoms with E-state index in [9.17, 15) is 4.79 Å². The van der Waals surface area contributed by atoms with Crippen LogP contribution in [0.5, 0.6) is 0 Å². The van der Waals surface area contributed by atoms with Crippen LogP contribution in [0.15, 0.2) is 35.7 Å². The zero-order chi connectivity index (χ0) is 14.1. The van der Waals surface area contributed by atoms with E-state index < -0.39 is 0 Å². The molecule has 104 valence electrons. The molecule has 1 atom stereocenters. The van der Waals surface area contributed by atoms with Crippen molar-refractivity contribution in [2.45, 2.75) is 19.4 Å². The van der Waals surface area contributed by atoms with Crippen molar-refractivity contribution in [1.29, 1.82) is 0 Å². The molecular formula is C16H18N2OS. The minimum absolute atomic E-state index is 0.110. The third-order valence-electron chi connectivity index (χ3n) is 3.96. The van der Waals surface area contributed by atoms with Crippen molar-refractivity contribution in [2.75, 3.05) is 18.9 Å². The molecule has 4 heteroatoms. The van der Waals surface area contributed by atoms with Crippen LogP contribution in [0.4, 0.5) is 5.69 Å². The van der Waals surface area contributed by atoms with Crippen LogP contribution in [0.1, 0.15) is 33.8 Å². The Kier molecular flexibility index (Phi) is 3.49. The summed E-state index contributed by atoms with van der Waals surface area (Å²) < 4.78 is 0. The van der Waals surface area contributed by atoms with Crippen molar-refractivity contribution in [2.24, 2.45) is 0 Å². The molecule has 1 aromatic heterocycles. The molecule has 20 heavy (non-hydrogen) atoms. The van der Waals surface area contributed by atoms with Gasteiger partial charge in [0.1, 0.15) is 0 Å². The van der Waals surface area contributed by atoms with Crippen molar-refractivity contribution in [3.05, 3.63) is 51.7 Å². The quantitative estimate of drug-likeness (QED) is 0.915. The van der Waals surface area contributed by atoms with Crippen LogP contribution in [0.25, 0.3) is 0 Å². The number of nitrogens with one attached hydrogen (secondary N) is 1. The van der Waals surface area contributed by atoms with Gasteiger partial charge in [-0.25, -0.2) is 0 Å². The fourth-order valence-corrected chi connectivity index (χ4v) is 3.79. The zero-order valence-electron chi connectivity index (χ0n) is 11.7. The van der Waals surface area contributed by atoms with E-state index in [2.05, 4.69) is 23.7 Å². The maximum absolute atomic E-state index is 12.8. The van der Waals surface area contributed by atoms with E-state index in [1.807, 2.05) is 36.2 Å². The third-order valence-corrected chi connectivity index (χ3v) is 4.96. The summed E-state index contributed by atoms with van der Waals surface area (Å²) in [4.78, 5) is 16.2. The second kappa shape index (κ2) is 5.29. The average molecular weight is 286 g/mol. The second-order valence-corrected chi connectivity index (χ2v) is 6.02. The van der Waals surface area contributed by atoms with Crippen LogP contribution in [0.2, 0.25) is 0 Å². The Balaban J connectivity index is 1.92. The summed E-state index contributed by atoms with van der Waals surface area (Å²) in [6, 6.07) is 10.00. The molecule has 1 aromatic carbocycles. The molecule has 1 aliphatic heterocycles. The first-order chi connectivity index (χ1) is 9.72. The van der Waals surface area contributed by atoms with Crippen molar-refractivity contribution >= 4 is 22.9 Å². The number of para-hydroxylation sites is 1. The predicted molar refractivity (Wildman–Crippen MR) is 83.5 cm³/mol.